The molecule has 0 saturated carbocycles. The molecule has 0 bridgehead atoms. The topological polar surface area (TPSA) is 43.4 Å². The monoisotopic (exact) mass is 382 g/mol. The molecule has 1 unspecified atom stereocenters. The highest BCUT2D eigenvalue weighted by molar-refractivity contribution is 7.18. The minimum absolute atomic E-state index is 0.243. The first-order valence-electron chi connectivity index (χ1n) is 8.92. The summed E-state index contributed by atoms with van der Waals surface area (Å²) in [7, 11) is 2.14. The molecule has 0 aliphatic rings. The van der Waals surface area contributed by atoms with Gasteiger partial charge in [-0.2, -0.15) is 0 Å². The van der Waals surface area contributed by atoms with Crippen molar-refractivity contribution in [2.45, 2.75) is 26.4 Å². The van der Waals surface area contributed by atoms with Crippen molar-refractivity contribution in [3.8, 4) is 11.3 Å². The minimum Gasteiger partial charge on any atom is -0.356 e. The van der Waals surface area contributed by atoms with Gasteiger partial charge in [0.25, 0.3) is 0 Å². The number of nitrogens with one attached hydrogen (secondary N) is 1. The first kappa shape index (κ1) is 17.8. The summed E-state index contributed by atoms with van der Waals surface area (Å²) in [6, 6.07) is 14.8. The predicted molar refractivity (Wildman–Crippen MR) is 105 cm³/mol. The Morgan fingerprint density at radius 3 is 2.63 bits per heavy atom. The van der Waals surface area contributed by atoms with E-state index in [1.807, 2.05) is 25.1 Å². The maximum absolute atomic E-state index is 13.2. The Bertz CT molecular complexity index is 1040. The zero-order valence-corrected chi connectivity index (χ0v) is 16.3. The summed E-state index contributed by atoms with van der Waals surface area (Å²) in [5.74, 6) is 0.440. The van der Waals surface area contributed by atoms with Gasteiger partial charge in [-0.15, -0.1) is 11.3 Å². The summed E-state index contributed by atoms with van der Waals surface area (Å²) in [5.41, 5.74) is 3.80. The molecular formula is C21H21FN3OS+. The number of aromatic nitrogens is 2. The molecule has 0 amide bonds. The summed E-state index contributed by atoms with van der Waals surface area (Å²) in [4.78, 5) is 6.07. The zero-order chi connectivity index (χ0) is 19.0. The highest BCUT2D eigenvalue weighted by atomic mass is 32.1. The lowest BCUT2D eigenvalue weighted by Crippen LogP contribution is -3.07. The fraction of sp³-hybridized carbons (Fsp3) is 0.238. The van der Waals surface area contributed by atoms with Gasteiger partial charge in [-0.05, 0) is 50.2 Å². The van der Waals surface area contributed by atoms with Gasteiger partial charge in [0.1, 0.15) is 24.1 Å². The van der Waals surface area contributed by atoms with Crippen molar-refractivity contribution in [3.05, 3.63) is 70.6 Å². The van der Waals surface area contributed by atoms with Crippen LogP contribution < -0.4 is 4.90 Å². The molecule has 6 heteroatoms. The van der Waals surface area contributed by atoms with Crippen LogP contribution in [-0.2, 0) is 6.54 Å². The van der Waals surface area contributed by atoms with Crippen LogP contribution in [-0.4, -0.2) is 17.2 Å². The van der Waals surface area contributed by atoms with E-state index >= 15 is 0 Å². The minimum atomic E-state index is -0.259. The molecule has 2 aromatic heterocycles. The summed E-state index contributed by atoms with van der Waals surface area (Å²) in [5, 5.41) is 5.39. The van der Waals surface area contributed by atoms with Crippen molar-refractivity contribution < 1.29 is 13.8 Å². The van der Waals surface area contributed by atoms with E-state index in [1.54, 1.807) is 23.5 Å². The smallest absolute Gasteiger partial charge is 0.170 e. The zero-order valence-electron chi connectivity index (χ0n) is 15.5. The number of hydrogen-bond donors (Lipinski definition) is 1. The van der Waals surface area contributed by atoms with Crippen LogP contribution in [0.5, 0.6) is 0 Å². The molecule has 0 aliphatic heterocycles. The average Bonchev–Trinajstić information content (AvgIpc) is 3.26. The van der Waals surface area contributed by atoms with Gasteiger partial charge in [-0.3, -0.25) is 0 Å². The lowest BCUT2D eigenvalue weighted by atomic mass is 10.1. The molecule has 4 nitrogen and oxygen atoms in total. The Morgan fingerprint density at radius 1 is 1.15 bits per heavy atom. The third-order valence-corrected chi connectivity index (χ3v) is 6.21. The predicted octanol–water partition coefficient (Wildman–Crippen LogP) is 4.17. The van der Waals surface area contributed by atoms with Crippen LogP contribution >= 0.6 is 11.3 Å². The number of thiazole rings is 1. The molecule has 2 aromatic carbocycles. The van der Waals surface area contributed by atoms with Crippen LogP contribution in [0.25, 0.3) is 21.5 Å². The van der Waals surface area contributed by atoms with Crippen molar-refractivity contribution in [1.82, 2.24) is 10.1 Å². The van der Waals surface area contributed by atoms with Gasteiger partial charge < -0.3 is 9.42 Å². The molecular weight excluding hydrogens is 361 g/mol. The fourth-order valence-electron chi connectivity index (χ4n) is 3.11. The van der Waals surface area contributed by atoms with Gasteiger partial charge in [-0.1, -0.05) is 17.3 Å². The van der Waals surface area contributed by atoms with E-state index in [-0.39, 0.29) is 11.9 Å². The van der Waals surface area contributed by atoms with Gasteiger partial charge in [0.15, 0.2) is 10.8 Å². The van der Waals surface area contributed by atoms with E-state index in [4.69, 9.17) is 9.51 Å². The van der Waals surface area contributed by atoms with Crippen molar-refractivity contribution in [3.63, 3.8) is 0 Å². The summed E-state index contributed by atoms with van der Waals surface area (Å²) in [6.07, 6.45) is 0. The average molecular weight is 382 g/mol. The SMILES string of the molecule is Cc1c(C[NH+](C)[C@H](C)c2nc3ccccc3s2)noc1-c1ccc(F)cc1. The number of para-hydroxylation sites is 1. The first-order chi connectivity index (χ1) is 13.0. The van der Waals surface area contributed by atoms with Crippen molar-refractivity contribution in [2.24, 2.45) is 0 Å². The molecule has 0 fully saturated rings. The lowest BCUT2D eigenvalue weighted by Gasteiger charge is -2.18. The number of rotatable bonds is 5. The summed E-state index contributed by atoms with van der Waals surface area (Å²) < 4.78 is 19.9. The summed E-state index contributed by atoms with van der Waals surface area (Å²) in [6.45, 7) is 4.91. The van der Waals surface area contributed by atoms with Gasteiger partial charge in [0, 0.05) is 11.1 Å². The van der Waals surface area contributed by atoms with E-state index in [1.165, 1.54) is 21.7 Å². The van der Waals surface area contributed by atoms with Crippen LogP contribution in [0.1, 0.15) is 29.2 Å². The van der Waals surface area contributed by atoms with Crippen LogP contribution in [0.3, 0.4) is 0 Å². The Hall–Kier alpha value is -2.57. The number of fused-ring (bicyclic) bond motifs is 1. The van der Waals surface area contributed by atoms with Gasteiger partial charge in [0.05, 0.1) is 17.3 Å². The maximum Gasteiger partial charge on any atom is 0.170 e. The summed E-state index contributed by atoms with van der Waals surface area (Å²) >= 11 is 1.74. The number of nitrogens with zero attached hydrogens (tertiary/aromatic N) is 2. The van der Waals surface area contributed by atoms with Gasteiger partial charge in [0.2, 0.25) is 0 Å². The Kier molecular flexibility index (Phi) is 4.76. The van der Waals surface area contributed by atoms with Gasteiger partial charge in [-0.25, -0.2) is 9.37 Å². The number of quaternary nitrogens is 1. The number of halogens is 1. The van der Waals surface area contributed by atoms with Crippen molar-refractivity contribution in [2.75, 3.05) is 7.05 Å². The molecule has 4 aromatic rings. The normalized spacial score (nSPS) is 13.8. The molecule has 138 valence electrons. The Labute approximate surface area is 161 Å². The number of hydrogen-bond acceptors (Lipinski definition) is 4. The van der Waals surface area contributed by atoms with Crippen LogP contribution in [0.4, 0.5) is 4.39 Å². The van der Waals surface area contributed by atoms with Gasteiger partial charge >= 0.3 is 0 Å². The second-order valence-corrected chi connectivity index (χ2v) is 7.92. The van der Waals surface area contributed by atoms with E-state index in [2.05, 4.69) is 25.2 Å². The maximum atomic E-state index is 13.2. The van der Waals surface area contributed by atoms with E-state index in [0.29, 0.717) is 5.76 Å². The highest BCUT2D eigenvalue weighted by Gasteiger charge is 2.23. The molecule has 0 saturated heterocycles. The fourth-order valence-corrected chi connectivity index (χ4v) is 4.22. The molecule has 4 rings (SSSR count). The Morgan fingerprint density at radius 2 is 1.89 bits per heavy atom. The van der Waals surface area contributed by atoms with Crippen LogP contribution in [0.2, 0.25) is 0 Å². The molecule has 1 N–H and O–H groups in total. The second kappa shape index (κ2) is 7.21. The highest BCUT2D eigenvalue weighted by Crippen LogP contribution is 2.27. The third kappa shape index (κ3) is 3.50. The molecule has 0 spiro atoms. The van der Waals surface area contributed by atoms with E-state index in [0.717, 1.165) is 33.9 Å². The van der Waals surface area contributed by atoms with Crippen LogP contribution in [0.15, 0.2) is 53.1 Å². The third-order valence-electron chi connectivity index (χ3n) is 4.99. The van der Waals surface area contributed by atoms with Crippen molar-refractivity contribution in [1.29, 1.82) is 0 Å². The van der Waals surface area contributed by atoms with E-state index in [9.17, 15) is 4.39 Å². The Balaban J connectivity index is 1.54. The standard InChI is InChI=1S/C21H20FN3OS/c1-13-18(24-26-20(13)15-8-10-16(22)11-9-15)12-25(3)14(2)21-23-17-6-4-5-7-19(17)27-21/h4-11,14H,12H2,1-3H3/p+1/t14-/m1/s1. The van der Waals surface area contributed by atoms with Crippen LogP contribution in [0, 0.1) is 12.7 Å². The molecule has 2 atom stereocenters. The quantitative estimate of drug-likeness (QED) is 0.563. The van der Waals surface area contributed by atoms with Crippen molar-refractivity contribution >= 4 is 21.6 Å². The molecule has 2 heterocycles. The largest absolute Gasteiger partial charge is 0.356 e. The first-order valence-corrected chi connectivity index (χ1v) is 9.73. The molecule has 27 heavy (non-hydrogen) atoms. The lowest BCUT2D eigenvalue weighted by molar-refractivity contribution is -0.924. The second-order valence-electron chi connectivity index (χ2n) is 6.85. The van der Waals surface area contributed by atoms with E-state index < -0.39 is 0 Å². The molecule has 0 aliphatic carbocycles. The molecule has 0 radical (unpaired) electrons. The number of benzene rings is 2.